The predicted molar refractivity (Wildman–Crippen MR) is 112 cm³/mol. The van der Waals surface area contributed by atoms with E-state index in [9.17, 15) is 13.6 Å². The summed E-state index contributed by atoms with van der Waals surface area (Å²) in [5, 5.41) is 3.33. The van der Waals surface area contributed by atoms with Crippen molar-refractivity contribution in [1.29, 1.82) is 0 Å². The Bertz CT molecular complexity index is 1280. The second-order valence-corrected chi connectivity index (χ2v) is 6.66. The van der Waals surface area contributed by atoms with E-state index in [1.807, 2.05) is 0 Å². The Morgan fingerprint density at radius 3 is 2.68 bits per heavy atom. The first kappa shape index (κ1) is 20.1. The van der Waals surface area contributed by atoms with Gasteiger partial charge in [-0.25, -0.2) is 18.7 Å². The Morgan fingerprint density at radius 2 is 1.97 bits per heavy atom. The van der Waals surface area contributed by atoms with Crippen molar-refractivity contribution < 1.29 is 18.3 Å². The zero-order chi connectivity index (χ0) is 22.0. The normalized spacial score (nSPS) is 10.8. The zero-order valence-electron chi connectivity index (χ0n) is 16.4. The van der Waals surface area contributed by atoms with Crippen LogP contribution in [0, 0.1) is 11.6 Å². The molecule has 0 saturated carbocycles. The van der Waals surface area contributed by atoms with Crippen LogP contribution in [0.15, 0.2) is 54.9 Å². The largest absolute Gasteiger partial charge is 0.494 e. The Labute approximate surface area is 175 Å². The van der Waals surface area contributed by atoms with Crippen LogP contribution < -0.4 is 15.8 Å². The third kappa shape index (κ3) is 4.11. The van der Waals surface area contributed by atoms with Crippen molar-refractivity contribution in [3.63, 3.8) is 0 Å². The van der Waals surface area contributed by atoms with Gasteiger partial charge >= 0.3 is 0 Å². The van der Waals surface area contributed by atoms with E-state index in [0.717, 1.165) is 18.2 Å². The van der Waals surface area contributed by atoms with E-state index >= 15 is 0 Å². The van der Waals surface area contributed by atoms with E-state index in [4.69, 9.17) is 10.5 Å². The van der Waals surface area contributed by atoms with Crippen LogP contribution in [0.5, 0.6) is 5.75 Å². The van der Waals surface area contributed by atoms with Crippen LogP contribution in [0.3, 0.4) is 0 Å². The molecule has 0 saturated heterocycles. The number of methoxy groups -OCH3 is 1. The van der Waals surface area contributed by atoms with E-state index in [0.29, 0.717) is 39.4 Å². The number of nitrogens with two attached hydrogens (primary N) is 1. The van der Waals surface area contributed by atoms with Gasteiger partial charge in [0.25, 0.3) is 0 Å². The molecule has 0 aliphatic carbocycles. The number of carbonyl (C=O) groups is 1. The molecule has 7 nitrogen and oxygen atoms in total. The van der Waals surface area contributed by atoms with E-state index in [1.165, 1.54) is 7.11 Å². The number of primary amides is 1. The number of hydrogen-bond donors (Lipinski definition) is 2. The Kier molecular flexibility index (Phi) is 5.40. The summed E-state index contributed by atoms with van der Waals surface area (Å²) in [7, 11) is 1.45. The molecule has 2 heterocycles. The Hall–Kier alpha value is -4.14. The highest BCUT2D eigenvalue weighted by Crippen LogP contribution is 2.36. The Morgan fingerprint density at radius 1 is 1.13 bits per heavy atom. The van der Waals surface area contributed by atoms with Gasteiger partial charge in [0.2, 0.25) is 5.91 Å². The number of anilines is 1. The van der Waals surface area contributed by atoms with Gasteiger partial charge in [-0.2, -0.15) is 0 Å². The molecule has 0 spiro atoms. The number of ether oxygens (including phenoxy) is 1. The number of nitrogens with zero attached hydrogens (tertiary/aromatic N) is 3. The van der Waals surface area contributed by atoms with E-state index in [1.54, 1.807) is 36.7 Å². The fraction of sp³-hybridized carbons (Fsp3) is 0.0909. The second kappa shape index (κ2) is 8.31. The molecule has 3 N–H and O–H groups in total. The molecule has 0 fully saturated rings. The molecule has 0 atom stereocenters. The lowest BCUT2D eigenvalue weighted by Gasteiger charge is -2.14. The maximum absolute atomic E-state index is 14.4. The van der Waals surface area contributed by atoms with Gasteiger partial charge in [0.15, 0.2) is 5.82 Å². The topological polar surface area (TPSA) is 103 Å². The molecule has 31 heavy (non-hydrogen) atoms. The zero-order valence-corrected chi connectivity index (χ0v) is 16.4. The van der Waals surface area contributed by atoms with Crippen LogP contribution in [-0.2, 0) is 4.79 Å². The Balaban J connectivity index is 1.98. The van der Waals surface area contributed by atoms with Crippen LogP contribution in [0.2, 0.25) is 0 Å². The van der Waals surface area contributed by atoms with Gasteiger partial charge in [0.05, 0.1) is 13.7 Å². The molecular formula is C22H17F2N5O2. The standard InChI is InChI=1S/C22H17F2N5O2/c1-31-18-8-13(15-9-14(23)4-5-17(15)24)7-16-20(18)28-21(12-3-2-6-26-10-12)29-22(16)27-11-19(25)30/h2-10H,11H2,1H3,(H2,25,30)(H,27,28,29). The average molecular weight is 421 g/mol. The fourth-order valence-corrected chi connectivity index (χ4v) is 3.16. The molecular weight excluding hydrogens is 404 g/mol. The lowest BCUT2D eigenvalue weighted by atomic mass is 10.0. The minimum atomic E-state index is -0.595. The number of benzene rings is 2. The number of carbonyl (C=O) groups excluding carboxylic acids is 1. The first-order valence-electron chi connectivity index (χ1n) is 9.24. The molecule has 2 aromatic carbocycles. The number of fused-ring (bicyclic) bond motifs is 1. The number of amides is 1. The number of nitrogens with one attached hydrogen (secondary N) is 1. The van der Waals surface area contributed by atoms with Crippen molar-refractivity contribution in [3.8, 4) is 28.3 Å². The minimum absolute atomic E-state index is 0.0531. The number of rotatable bonds is 6. The summed E-state index contributed by atoms with van der Waals surface area (Å²) in [6.45, 7) is -0.181. The smallest absolute Gasteiger partial charge is 0.236 e. The molecule has 0 unspecified atom stereocenters. The van der Waals surface area contributed by atoms with Crippen LogP contribution in [0.25, 0.3) is 33.4 Å². The molecule has 4 aromatic rings. The summed E-state index contributed by atoms with van der Waals surface area (Å²) in [6.07, 6.45) is 3.22. The molecule has 2 aromatic heterocycles. The van der Waals surface area contributed by atoms with Crippen LogP contribution in [0.4, 0.5) is 14.6 Å². The van der Waals surface area contributed by atoms with Crippen LogP contribution >= 0.6 is 0 Å². The maximum atomic E-state index is 14.4. The fourth-order valence-electron chi connectivity index (χ4n) is 3.16. The molecule has 0 radical (unpaired) electrons. The lowest BCUT2D eigenvalue weighted by molar-refractivity contribution is -0.116. The molecule has 0 aliphatic heterocycles. The summed E-state index contributed by atoms with van der Waals surface area (Å²) in [6, 6.07) is 9.89. The SMILES string of the molecule is COc1cc(-c2cc(F)ccc2F)cc2c(NCC(N)=O)nc(-c3cccnc3)nc12. The quantitative estimate of drug-likeness (QED) is 0.494. The van der Waals surface area contributed by atoms with E-state index < -0.39 is 17.5 Å². The highest BCUT2D eigenvalue weighted by atomic mass is 19.1. The van der Waals surface area contributed by atoms with Crippen molar-refractivity contribution in [2.75, 3.05) is 19.0 Å². The van der Waals surface area contributed by atoms with Gasteiger partial charge in [0, 0.05) is 28.9 Å². The number of aromatic nitrogens is 3. The summed E-state index contributed by atoms with van der Waals surface area (Å²) in [5.41, 5.74) is 6.76. The number of hydrogen-bond acceptors (Lipinski definition) is 6. The summed E-state index contributed by atoms with van der Waals surface area (Å²) >= 11 is 0. The first-order valence-corrected chi connectivity index (χ1v) is 9.24. The van der Waals surface area contributed by atoms with Crippen molar-refractivity contribution >= 4 is 22.6 Å². The monoisotopic (exact) mass is 421 g/mol. The van der Waals surface area contributed by atoms with Crippen molar-refractivity contribution in [1.82, 2.24) is 15.0 Å². The second-order valence-electron chi connectivity index (χ2n) is 6.66. The van der Waals surface area contributed by atoms with Gasteiger partial charge in [-0.3, -0.25) is 9.78 Å². The van der Waals surface area contributed by atoms with E-state index in [2.05, 4.69) is 20.3 Å². The molecule has 0 bridgehead atoms. The van der Waals surface area contributed by atoms with Gasteiger partial charge < -0.3 is 15.8 Å². The van der Waals surface area contributed by atoms with Crippen LogP contribution in [0.1, 0.15) is 0 Å². The molecule has 0 aliphatic rings. The molecule has 1 amide bonds. The highest BCUT2D eigenvalue weighted by molar-refractivity contribution is 5.98. The number of halogens is 2. The van der Waals surface area contributed by atoms with Crippen LogP contribution in [-0.4, -0.2) is 34.5 Å². The first-order chi connectivity index (χ1) is 15.0. The van der Waals surface area contributed by atoms with Crippen molar-refractivity contribution in [3.05, 3.63) is 66.5 Å². The van der Waals surface area contributed by atoms with Gasteiger partial charge in [0.1, 0.15) is 28.7 Å². The minimum Gasteiger partial charge on any atom is -0.494 e. The molecule has 9 heteroatoms. The average Bonchev–Trinajstić information content (AvgIpc) is 2.78. The highest BCUT2D eigenvalue weighted by Gasteiger charge is 2.17. The maximum Gasteiger partial charge on any atom is 0.236 e. The van der Waals surface area contributed by atoms with Crippen molar-refractivity contribution in [2.24, 2.45) is 5.73 Å². The molecule has 4 rings (SSSR count). The van der Waals surface area contributed by atoms with Gasteiger partial charge in [-0.15, -0.1) is 0 Å². The van der Waals surface area contributed by atoms with Gasteiger partial charge in [-0.1, -0.05) is 0 Å². The third-order valence-electron chi connectivity index (χ3n) is 4.57. The predicted octanol–water partition coefficient (Wildman–Crippen LogP) is 3.54. The van der Waals surface area contributed by atoms with Crippen molar-refractivity contribution in [2.45, 2.75) is 0 Å². The summed E-state index contributed by atoms with van der Waals surface area (Å²) in [5.74, 6) is -0.803. The molecule has 156 valence electrons. The summed E-state index contributed by atoms with van der Waals surface area (Å²) in [4.78, 5) is 24.5. The third-order valence-corrected chi connectivity index (χ3v) is 4.57. The lowest BCUT2D eigenvalue weighted by Crippen LogP contribution is -2.22. The summed E-state index contributed by atoms with van der Waals surface area (Å²) < 4.78 is 33.7. The van der Waals surface area contributed by atoms with E-state index in [-0.39, 0.29) is 12.1 Å². The number of pyridine rings is 1. The van der Waals surface area contributed by atoms with Gasteiger partial charge in [-0.05, 0) is 48.0 Å².